The summed E-state index contributed by atoms with van der Waals surface area (Å²) in [5, 5.41) is 18.6. The van der Waals surface area contributed by atoms with Gasteiger partial charge in [-0.2, -0.15) is 0 Å². The van der Waals surface area contributed by atoms with E-state index in [9.17, 15) is 19.8 Å². The van der Waals surface area contributed by atoms with Crippen molar-refractivity contribution in [2.24, 2.45) is 5.92 Å². The molecule has 1 unspecified atom stereocenters. The fourth-order valence-corrected chi connectivity index (χ4v) is 1.41. The first-order valence-corrected chi connectivity index (χ1v) is 7.03. The van der Waals surface area contributed by atoms with Crippen LogP contribution in [0, 0.1) is 5.92 Å². The number of hydrogen-bond donors (Lipinski definition) is 0. The van der Waals surface area contributed by atoms with Gasteiger partial charge in [0.15, 0.2) is 0 Å². The van der Waals surface area contributed by atoms with Crippen molar-refractivity contribution < 1.29 is 123 Å². The van der Waals surface area contributed by atoms with E-state index >= 15 is 0 Å². The molecule has 0 heterocycles. The number of carboxylic acid groups (broad SMARTS) is 2. The number of carbonyl (C=O) groups is 2. The van der Waals surface area contributed by atoms with E-state index in [1.54, 1.807) is 0 Å². The van der Waals surface area contributed by atoms with Crippen LogP contribution in [-0.4, -0.2) is 29.7 Å². The minimum atomic E-state index is -1.63. The molecule has 0 bridgehead atoms. The van der Waals surface area contributed by atoms with Gasteiger partial charge in [-0.05, 0) is 0 Å². The quantitative estimate of drug-likeness (QED) is 0.251. The third-order valence-electron chi connectivity index (χ3n) is 3.53. The Kier molecular flexibility index (Phi) is 28.8. The maximum atomic E-state index is 9.28. The van der Waals surface area contributed by atoms with Gasteiger partial charge in [-0.15, -0.1) is 0 Å². The first-order valence-electron chi connectivity index (χ1n) is 7.03. The molecule has 0 amide bonds. The number of hydrogen-bond acceptors (Lipinski definition) is 4. The second-order valence-corrected chi connectivity index (χ2v) is 5.87. The summed E-state index contributed by atoms with van der Waals surface area (Å²) >= 11 is 2.39. The Morgan fingerprint density at radius 3 is 1.71 bits per heavy atom. The van der Waals surface area contributed by atoms with Crippen LogP contribution in [0.2, 0.25) is 4.09 Å². The van der Waals surface area contributed by atoms with Gasteiger partial charge in [-0.1, -0.05) is 0 Å². The fourth-order valence-electron chi connectivity index (χ4n) is 1.41. The van der Waals surface area contributed by atoms with Crippen LogP contribution in [0.5, 0.6) is 0 Å². The van der Waals surface area contributed by atoms with E-state index in [0.29, 0.717) is 4.09 Å². The van der Waals surface area contributed by atoms with Crippen molar-refractivity contribution in [1.29, 1.82) is 0 Å². The Bertz CT molecular complexity index is 260. The van der Waals surface area contributed by atoms with Crippen LogP contribution in [0.4, 0.5) is 0 Å². The molecule has 0 fully saturated rings. The SMILES string of the molecule is O=C([O-])CC(=O)[O-].[K+].[K+].[Li][C](C)(CCCCCC)C(C)C. The maximum absolute atomic E-state index is 9.28. The summed E-state index contributed by atoms with van der Waals surface area (Å²) in [4.78, 5) is 18.6. The van der Waals surface area contributed by atoms with Gasteiger partial charge in [0.2, 0.25) is 0 Å². The van der Waals surface area contributed by atoms with Gasteiger partial charge in [-0.25, -0.2) is 0 Å². The monoisotopic (exact) mass is 342 g/mol. The zero-order valence-electron chi connectivity index (χ0n) is 15.0. The molecule has 0 aromatic carbocycles. The second kappa shape index (κ2) is 19.1. The minimum absolute atomic E-state index is 0. The molecule has 0 aliphatic heterocycles. The summed E-state index contributed by atoms with van der Waals surface area (Å²) in [6.45, 7) is 9.33. The summed E-state index contributed by atoms with van der Waals surface area (Å²) < 4.78 is 0.549. The molecule has 1 atom stereocenters. The zero-order valence-corrected chi connectivity index (χ0v) is 21.2. The Balaban J connectivity index is -0.000000140. The average Bonchev–Trinajstić information content (AvgIpc) is 2.23. The molecular formula is C14H25K2LiO4. The van der Waals surface area contributed by atoms with Crippen molar-refractivity contribution in [2.75, 3.05) is 0 Å². The van der Waals surface area contributed by atoms with E-state index in [1.165, 1.54) is 32.1 Å². The fraction of sp³-hybridized carbons (Fsp3) is 0.857. The van der Waals surface area contributed by atoms with E-state index in [2.05, 4.69) is 45.4 Å². The molecule has 7 heteroatoms. The van der Waals surface area contributed by atoms with Crippen LogP contribution in [0.1, 0.15) is 66.2 Å². The third-order valence-corrected chi connectivity index (χ3v) is 3.53. The van der Waals surface area contributed by atoms with Crippen LogP contribution in [-0.2, 0) is 9.59 Å². The van der Waals surface area contributed by atoms with Crippen LogP contribution in [0.25, 0.3) is 0 Å². The summed E-state index contributed by atoms with van der Waals surface area (Å²) in [5.41, 5.74) is 0. The molecule has 0 saturated heterocycles. The normalized spacial score (nSPS) is 12.1. The van der Waals surface area contributed by atoms with Crippen LogP contribution in [0.3, 0.4) is 0 Å². The molecule has 0 radical (unpaired) electrons. The predicted octanol–water partition coefficient (Wildman–Crippen LogP) is -5.16. The Labute approximate surface area is 224 Å². The summed E-state index contributed by atoms with van der Waals surface area (Å²) in [6.07, 6.45) is 5.96. The molecule has 21 heavy (non-hydrogen) atoms. The van der Waals surface area contributed by atoms with Crippen LogP contribution in [0.15, 0.2) is 0 Å². The molecule has 0 spiro atoms. The van der Waals surface area contributed by atoms with Gasteiger partial charge >= 0.3 is 190 Å². The molecule has 0 aliphatic rings. The predicted molar refractivity (Wildman–Crippen MR) is 72.3 cm³/mol. The molecule has 0 N–H and O–H groups in total. The molecule has 0 saturated carbocycles. The van der Waals surface area contributed by atoms with Crippen molar-refractivity contribution >= 4 is 29.7 Å². The van der Waals surface area contributed by atoms with Crippen molar-refractivity contribution in [3.05, 3.63) is 0 Å². The van der Waals surface area contributed by atoms with Gasteiger partial charge in [0.05, 0.1) is 0 Å². The number of rotatable bonds is 8. The van der Waals surface area contributed by atoms with Gasteiger partial charge < -0.3 is 19.8 Å². The molecular weight excluding hydrogens is 317 g/mol. The number of carbonyl (C=O) groups excluding carboxylic acids is 2. The van der Waals surface area contributed by atoms with Crippen molar-refractivity contribution in [2.45, 2.75) is 70.3 Å². The first-order chi connectivity index (χ1) is 8.63. The summed E-state index contributed by atoms with van der Waals surface area (Å²) in [5.74, 6) is -2.43. The average molecular weight is 342 g/mol. The topological polar surface area (TPSA) is 80.3 Å². The van der Waals surface area contributed by atoms with E-state index < -0.39 is 18.4 Å². The van der Waals surface area contributed by atoms with E-state index in [-0.39, 0.29) is 103 Å². The number of carboxylic acids is 2. The van der Waals surface area contributed by atoms with Crippen molar-refractivity contribution in [1.82, 2.24) is 0 Å². The molecule has 0 rings (SSSR count). The van der Waals surface area contributed by atoms with Crippen molar-refractivity contribution in [3.8, 4) is 0 Å². The first kappa shape index (κ1) is 31.6. The summed E-state index contributed by atoms with van der Waals surface area (Å²) in [7, 11) is 0. The van der Waals surface area contributed by atoms with E-state index in [1.807, 2.05) is 0 Å². The van der Waals surface area contributed by atoms with Gasteiger partial charge in [0, 0.05) is 18.4 Å². The molecule has 0 aliphatic carbocycles. The zero-order chi connectivity index (χ0) is 15.5. The van der Waals surface area contributed by atoms with Gasteiger partial charge in [-0.3, -0.25) is 0 Å². The van der Waals surface area contributed by atoms with E-state index in [4.69, 9.17) is 0 Å². The van der Waals surface area contributed by atoms with Crippen LogP contribution >= 0.6 is 0 Å². The van der Waals surface area contributed by atoms with Gasteiger partial charge in [0.1, 0.15) is 0 Å². The number of aliphatic carboxylic acids is 2. The van der Waals surface area contributed by atoms with Gasteiger partial charge in [0.25, 0.3) is 0 Å². The number of unbranched alkanes of at least 4 members (excludes halogenated alkanes) is 3. The van der Waals surface area contributed by atoms with Crippen molar-refractivity contribution in [3.63, 3.8) is 0 Å². The third kappa shape index (κ3) is 25.2. The Morgan fingerprint density at radius 2 is 1.48 bits per heavy atom. The Morgan fingerprint density at radius 1 is 1.05 bits per heavy atom. The van der Waals surface area contributed by atoms with E-state index in [0.717, 1.165) is 5.92 Å². The second-order valence-electron chi connectivity index (χ2n) is 5.87. The standard InChI is InChI=1S/C11H23.C3H4O4.2K.Li/c1-5-6-7-8-9-11(4)10(2)3;4-2(5)1-3(6)7;;;/h10H,5-9H2,1-4H3;1H2,(H,4,5)(H,6,7);;;/q;;2*+1;/p-2. The molecule has 108 valence electrons. The van der Waals surface area contributed by atoms with Crippen LogP contribution < -0.4 is 113 Å². The summed E-state index contributed by atoms with van der Waals surface area (Å²) in [6, 6.07) is 0. The molecule has 0 aromatic heterocycles. The molecule has 4 nitrogen and oxygen atoms in total. The Hall–Kier alpha value is 2.81. The molecule has 0 aromatic rings.